The molecule has 31 heavy (non-hydrogen) atoms. The SMILES string of the molecule is CN(c1ccccc1C1CCCC1)c1nc(OCc2ccccc2)ncc1C(F)(F)F. The summed E-state index contributed by atoms with van der Waals surface area (Å²) in [5, 5.41) is 0. The molecule has 0 aliphatic heterocycles. The van der Waals surface area contributed by atoms with E-state index in [1.165, 1.54) is 4.90 Å². The summed E-state index contributed by atoms with van der Waals surface area (Å²) in [6, 6.07) is 16.9. The highest BCUT2D eigenvalue weighted by molar-refractivity contribution is 5.66. The second-order valence-corrected chi connectivity index (χ2v) is 7.76. The molecule has 1 aromatic heterocycles. The van der Waals surface area contributed by atoms with Crippen molar-refractivity contribution < 1.29 is 17.9 Å². The highest BCUT2D eigenvalue weighted by Crippen LogP contribution is 2.42. The van der Waals surface area contributed by atoms with Crippen LogP contribution in [0.4, 0.5) is 24.7 Å². The van der Waals surface area contributed by atoms with Gasteiger partial charge in [-0.3, -0.25) is 0 Å². The van der Waals surface area contributed by atoms with Crippen LogP contribution in [0.3, 0.4) is 0 Å². The average molecular weight is 427 g/mol. The number of halogens is 3. The maximum Gasteiger partial charge on any atom is 0.421 e. The first-order valence-corrected chi connectivity index (χ1v) is 10.4. The van der Waals surface area contributed by atoms with Gasteiger partial charge < -0.3 is 9.64 Å². The molecule has 1 aliphatic rings. The minimum atomic E-state index is -4.58. The van der Waals surface area contributed by atoms with Crippen LogP contribution >= 0.6 is 0 Å². The summed E-state index contributed by atoms with van der Waals surface area (Å²) in [6.45, 7) is 0.175. The van der Waals surface area contributed by atoms with E-state index in [1.54, 1.807) is 7.05 Å². The fourth-order valence-corrected chi connectivity index (χ4v) is 4.09. The second-order valence-electron chi connectivity index (χ2n) is 7.76. The Morgan fingerprint density at radius 2 is 1.68 bits per heavy atom. The van der Waals surface area contributed by atoms with Crippen molar-refractivity contribution in [2.75, 3.05) is 11.9 Å². The maximum atomic E-state index is 13.8. The molecule has 0 saturated heterocycles. The molecule has 4 rings (SSSR count). The predicted molar refractivity (Wildman–Crippen MR) is 114 cm³/mol. The minimum absolute atomic E-state index is 0.0861. The van der Waals surface area contributed by atoms with E-state index in [1.807, 2.05) is 54.6 Å². The zero-order valence-electron chi connectivity index (χ0n) is 17.3. The Kier molecular flexibility index (Phi) is 6.11. The molecule has 1 fully saturated rings. The van der Waals surface area contributed by atoms with Crippen molar-refractivity contribution in [2.45, 2.75) is 44.4 Å². The van der Waals surface area contributed by atoms with E-state index in [0.29, 0.717) is 5.92 Å². The van der Waals surface area contributed by atoms with E-state index in [4.69, 9.17) is 4.74 Å². The number of rotatable bonds is 6. The van der Waals surface area contributed by atoms with Gasteiger partial charge in [0.05, 0.1) is 0 Å². The third-order valence-corrected chi connectivity index (χ3v) is 5.67. The molecule has 4 nitrogen and oxygen atoms in total. The molecule has 0 unspecified atom stereocenters. The summed E-state index contributed by atoms with van der Waals surface area (Å²) in [5.41, 5.74) is 1.78. The van der Waals surface area contributed by atoms with Gasteiger partial charge >= 0.3 is 12.2 Å². The van der Waals surface area contributed by atoms with Crippen LogP contribution < -0.4 is 9.64 Å². The molecule has 1 heterocycles. The van der Waals surface area contributed by atoms with Gasteiger partial charge in [0.2, 0.25) is 0 Å². The molecule has 2 aromatic carbocycles. The number of benzene rings is 2. The van der Waals surface area contributed by atoms with Crippen molar-refractivity contribution in [1.82, 2.24) is 9.97 Å². The van der Waals surface area contributed by atoms with E-state index in [0.717, 1.165) is 48.7 Å². The molecular formula is C24H24F3N3O. The third-order valence-electron chi connectivity index (χ3n) is 5.67. The van der Waals surface area contributed by atoms with Gasteiger partial charge in [-0.1, -0.05) is 61.4 Å². The van der Waals surface area contributed by atoms with Crippen molar-refractivity contribution in [3.63, 3.8) is 0 Å². The van der Waals surface area contributed by atoms with Gasteiger partial charge in [-0.15, -0.1) is 0 Å². The highest BCUT2D eigenvalue weighted by Gasteiger charge is 2.37. The van der Waals surface area contributed by atoms with Crippen molar-refractivity contribution in [2.24, 2.45) is 0 Å². The molecule has 1 saturated carbocycles. The topological polar surface area (TPSA) is 38.2 Å². The van der Waals surface area contributed by atoms with Crippen molar-refractivity contribution in [3.8, 4) is 6.01 Å². The number of aromatic nitrogens is 2. The largest absolute Gasteiger partial charge is 0.459 e. The molecule has 3 aromatic rings. The van der Waals surface area contributed by atoms with E-state index < -0.39 is 11.7 Å². The summed E-state index contributed by atoms with van der Waals surface area (Å²) >= 11 is 0. The lowest BCUT2D eigenvalue weighted by atomic mass is 9.95. The number of hydrogen-bond donors (Lipinski definition) is 0. The number of para-hydroxylation sites is 1. The van der Waals surface area contributed by atoms with E-state index in [9.17, 15) is 13.2 Å². The summed E-state index contributed by atoms with van der Waals surface area (Å²) in [5.74, 6) is 0.139. The number of hydrogen-bond acceptors (Lipinski definition) is 4. The molecule has 162 valence electrons. The molecule has 0 N–H and O–H groups in total. The van der Waals surface area contributed by atoms with Gasteiger partial charge in [0.25, 0.3) is 0 Å². The van der Waals surface area contributed by atoms with Crippen molar-refractivity contribution >= 4 is 11.5 Å². The summed E-state index contributed by atoms with van der Waals surface area (Å²) < 4.78 is 46.9. The monoisotopic (exact) mass is 427 g/mol. The Morgan fingerprint density at radius 3 is 2.39 bits per heavy atom. The Bertz CT molecular complexity index is 1020. The maximum absolute atomic E-state index is 13.8. The zero-order valence-corrected chi connectivity index (χ0v) is 17.3. The van der Waals surface area contributed by atoms with Crippen LogP contribution in [-0.2, 0) is 12.8 Å². The average Bonchev–Trinajstić information content (AvgIpc) is 3.32. The van der Waals surface area contributed by atoms with Gasteiger partial charge in [-0.25, -0.2) is 4.98 Å². The molecule has 1 aliphatic carbocycles. The number of nitrogens with zero attached hydrogens (tertiary/aromatic N) is 3. The molecule has 0 amide bonds. The lowest BCUT2D eigenvalue weighted by Gasteiger charge is -2.26. The molecular weight excluding hydrogens is 403 g/mol. The predicted octanol–water partition coefficient (Wildman–Crippen LogP) is 6.50. The Morgan fingerprint density at radius 1 is 1.00 bits per heavy atom. The van der Waals surface area contributed by atoms with Gasteiger partial charge in [0.1, 0.15) is 12.2 Å². The summed E-state index contributed by atoms with van der Waals surface area (Å²) in [4.78, 5) is 9.50. The smallest absolute Gasteiger partial charge is 0.421 e. The highest BCUT2D eigenvalue weighted by atomic mass is 19.4. The third kappa shape index (κ3) is 4.81. The summed E-state index contributed by atoms with van der Waals surface area (Å²) in [6.07, 6.45) is 0.600. The molecule has 0 radical (unpaired) electrons. The minimum Gasteiger partial charge on any atom is -0.459 e. The normalized spacial score (nSPS) is 14.6. The van der Waals surface area contributed by atoms with Crippen molar-refractivity contribution in [1.29, 1.82) is 0 Å². The van der Waals surface area contributed by atoms with E-state index >= 15 is 0 Å². The first kappa shape index (κ1) is 21.2. The Labute approximate surface area is 179 Å². The first-order chi connectivity index (χ1) is 14.9. The lowest BCUT2D eigenvalue weighted by Crippen LogP contribution is -2.20. The van der Waals surface area contributed by atoms with Crippen LogP contribution in [0.1, 0.15) is 48.3 Å². The fourth-order valence-electron chi connectivity index (χ4n) is 4.09. The van der Waals surface area contributed by atoms with Crippen LogP contribution in [0.5, 0.6) is 6.01 Å². The zero-order chi connectivity index (χ0) is 21.8. The Balaban J connectivity index is 1.68. The fraction of sp³-hybridized carbons (Fsp3) is 0.333. The van der Waals surface area contributed by atoms with Crippen molar-refractivity contribution in [3.05, 3.63) is 77.5 Å². The van der Waals surface area contributed by atoms with Crippen LogP contribution in [0.25, 0.3) is 0 Å². The van der Waals surface area contributed by atoms with Gasteiger partial charge in [-0.05, 0) is 36.0 Å². The van der Waals surface area contributed by atoms with Crippen LogP contribution in [0.2, 0.25) is 0 Å². The molecule has 7 heteroatoms. The Hall–Kier alpha value is -3.09. The lowest BCUT2D eigenvalue weighted by molar-refractivity contribution is -0.137. The standard InChI is InChI=1S/C24H24F3N3O/c1-30(21-14-8-7-13-19(21)18-11-5-6-12-18)22-20(24(25,26)27)15-28-23(29-22)31-16-17-9-3-2-4-10-17/h2-4,7-10,13-15,18H,5-6,11-12,16H2,1H3. The van der Waals surface area contributed by atoms with Crippen LogP contribution in [0, 0.1) is 0 Å². The molecule has 0 bridgehead atoms. The van der Waals surface area contributed by atoms with E-state index in [-0.39, 0.29) is 18.4 Å². The quantitative estimate of drug-likeness (QED) is 0.450. The number of alkyl halides is 3. The second kappa shape index (κ2) is 8.96. The van der Waals surface area contributed by atoms with Gasteiger partial charge in [-0.2, -0.15) is 18.2 Å². The van der Waals surface area contributed by atoms with Gasteiger partial charge in [0.15, 0.2) is 5.82 Å². The number of anilines is 2. The van der Waals surface area contributed by atoms with E-state index in [2.05, 4.69) is 9.97 Å². The number of ether oxygens (including phenoxy) is 1. The first-order valence-electron chi connectivity index (χ1n) is 10.4. The van der Waals surface area contributed by atoms with Crippen LogP contribution in [0.15, 0.2) is 60.8 Å². The van der Waals surface area contributed by atoms with Crippen LogP contribution in [-0.4, -0.2) is 17.0 Å². The van der Waals surface area contributed by atoms with Gasteiger partial charge in [0, 0.05) is 18.9 Å². The molecule has 0 atom stereocenters. The summed E-state index contributed by atoms with van der Waals surface area (Å²) in [7, 11) is 1.62. The molecule has 0 spiro atoms.